The lowest BCUT2D eigenvalue weighted by atomic mass is 9.85. The Bertz CT molecular complexity index is 2620. The monoisotopic (exact) mass is 915 g/mol. The molecule has 6 aromatic rings. The number of hydrogen-bond acceptors (Lipinski definition) is 13. The summed E-state index contributed by atoms with van der Waals surface area (Å²) >= 11 is 1.58. The average molecular weight is 916 g/mol. The number of benzene rings is 2. The van der Waals surface area contributed by atoms with Crippen molar-refractivity contribution in [3.05, 3.63) is 102 Å². The number of carbonyl (C=O) groups is 4. The van der Waals surface area contributed by atoms with Crippen molar-refractivity contribution < 1.29 is 28.7 Å². The lowest BCUT2D eigenvalue weighted by Gasteiger charge is -2.36. The van der Waals surface area contributed by atoms with Crippen molar-refractivity contribution in [3.63, 3.8) is 0 Å². The summed E-state index contributed by atoms with van der Waals surface area (Å²) in [6.45, 7) is 10.9. The van der Waals surface area contributed by atoms with Crippen molar-refractivity contribution in [1.82, 2.24) is 45.0 Å². The van der Waals surface area contributed by atoms with E-state index in [1.165, 1.54) is 4.90 Å². The van der Waals surface area contributed by atoms with Gasteiger partial charge in [0.05, 0.1) is 41.2 Å². The van der Waals surface area contributed by atoms with Crippen LogP contribution in [0.15, 0.2) is 89.4 Å². The Morgan fingerprint density at radius 3 is 2.36 bits per heavy atom. The molecule has 2 aliphatic heterocycles. The predicted molar refractivity (Wildman–Crippen MR) is 251 cm³/mol. The van der Waals surface area contributed by atoms with Gasteiger partial charge in [0.15, 0.2) is 5.65 Å². The third-order valence-corrected chi connectivity index (χ3v) is 13.2. The zero-order valence-corrected chi connectivity index (χ0v) is 38.6. The number of β-amino-alcohol motifs (C(OH)–C–C–N with tert-alkyl or cyclic N) is 1. The number of thiazole rings is 1. The molecule has 2 saturated heterocycles. The van der Waals surface area contributed by atoms with Gasteiger partial charge in [-0.05, 0) is 60.6 Å². The van der Waals surface area contributed by atoms with E-state index < -0.39 is 29.5 Å². The molecule has 18 heteroatoms. The zero-order valence-electron chi connectivity index (χ0n) is 37.8. The number of aliphatic hydroxyl groups is 1. The Morgan fingerprint density at radius 1 is 0.924 bits per heavy atom. The first-order chi connectivity index (χ1) is 31.8. The number of amides is 4. The van der Waals surface area contributed by atoms with Crippen molar-refractivity contribution in [2.24, 2.45) is 5.41 Å². The number of piperazine rings is 1. The van der Waals surface area contributed by atoms with Gasteiger partial charge in [0, 0.05) is 69.8 Å². The molecule has 4 N–H and O–H groups in total. The first-order valence-electron chi connectivity index (χ1n) is 22.5. The Morgan fingerprint density at radius 2 is 1.67 bits per heavy atom. The van der Waals surface area contributed by atoms with Gasteiger partial charge in [-0.2, -0.15) is 0 Å². The highest BCUT2D eigenvalue weighted by atomic mass is 32.1. The fourth-order valence-electron chi connectivity index (χ4n) is 8.52. The summed E-state index contributed by atoms with van der Waals surface area (Å²) < 4.78 is 7.30. The summed E-state index contributed by atoms with van der Waals surface area (Å²) in [4.78, 5) is 69.7. The Balaban J connectivity index is 0.767. The van der Waals surface area contributed by atoms with Gasteiger partial charge in [-0.3, -0.25) is 23.6 Å². The van der Waals surface area contributed by atoms with E-state index in [-0.39, 0.29) is 43.7 Å². The van der Waals surface area contributed by atoms with Crippen LogP contribution in [0.5, 0.6) is 0 Å². The normalized spacial score (nSPS) is 17.0. The van der Waals surface area contributed by atoms with Crippen molar-refractivity contribution in [2.75, 3.05) is 42.9 Å². The molecule has 8 rings (SSSR count). The van der Waals surface area contributed by atoms with Gasteiger partial charge in [-0.15, -0.1) is 21.5 Å². The molecule has 0 unspecified atom stereocenters. The fourth-order valence-corrected chi connectivity index (χ4v) is 9.33. The minimum atomic E-state index is -0.920. The smallest absolute Gasteiger partial charge is 0.246 e. The van der Waals surface area contributed by atoms with Crippen molar-refractivity contribution >= 4 is 52.1 Å². The topological polar surface area (TPSA) is 203 Å². The first kappa shape index (κ1) is 45.9. The molecule has 0 spiro atoms. The van der Waals surface area contributed by atoms with Gasteiger partial charge >= 0.3 is 0 Å². The summed E-state index contributed by atoms with van der Waals surface area (Å²) in [5, 5.41) is 28.2. The van der Waals surface area contributed by atoms with Gasteiger partial charge in [-0.25, -0.2) is 9.97 Å². The number of rotatable bonds is 16. The molecule has 0 bridgehead atoms. The summed E-state index contributed by atoms with van der Waals surface area (Å²) in [5.41, 5.74) is 7.38. The summed E-state index contributed by atoms with van der Waals surface area (Å²) in [5.74, 6) is 0.539. The van der Waals surface area contributed by atoms with Crippen LogP contribution < -0.4 is 20.9 Å². The van der Waals surface area contributed by atoms with Crippen LogP contribution in [0.2, 0.25) is 0 Å². The van der Waals surface area contributed by atoms with Crippen LogP contribution in [-0.2, 0) is 32.3 Å². The van der Waals surface area contributed by atoms with Crippen LogP contribution in [0, 0.1) is 12.3 Å². The molecular formula is C48H57N11O6S. The number of nitrogens with one attached hydrogen (secondary N) is 3. The van der Waals surface area contributed by atoms with Crippen LogP contribution in [0.3, 0.4) is 0 Å². The highest BCUT2D eigenvalue weighted by Gasteiger charge is 2.44. The maximum absolute atomic E-state index is 14.1. The standard InChI is InChI=1S/C48H57N11O6S/c1-31-43(66-30-52-31)34-13-11-32(12-14-34)25-51-46(63)38-24-36(60)28-58(38)47(64)44(48(2,3)4)54-40(61)9-5-6-10-41(62)57-21-19-56(20-22-57)35-17-15-33(16-18-35)42-45-55-53-29-59(45)39(27-50-42)49-26-37-8-7-23-65-37/h7-8,11-18,23,27,29-30,36,38,44,49,60H,5-6,9-10,19-22,24-26,28H2,1-4H3,(H,51,63)(H,54,61)/t36-,38+,44-/m1/s1. The predicted octanol–water partition coefficient (Wildman–Crippen LogP) is 5.45. The van der Waals surface area contributed by atoms with Gasteiger partial charge in [0.25, 0.3) is 0 Å². The second kappa shape index (κ2) is 20.2. The number of aliphatic hydroxyl groups excluding tert-OH is 1. The molecule has 6 heterocycles. The number of carbonyl (C=O) groups excluding carboxylic acids is 4. The number of unbranched alkanes of at least 4 members (excludes halogenated alkanes) is 1. The SMILES string of the molecule is Cc1ncsc1-c1ccc(CNC(=O)[C@@H]2C[C@@H](O)CN2C(=O)[C@@H](NC(=O)CCCCC(=O)N2CCN(c3ccc(-c4ncc(NCc5ccco5)n5cnnc45)cc3)CC2)C(C)(C)C)cc1. The molecule has 2 aromatic carbocycles. The Hall–Kier alpha value is -6.66. The molecule has 3 atom stereocenters. The largest absolute Gasteiger partial charge is 0.467 e. The maximum Gasteiger partial charge on any atom is 0.246 e. The van der Waals surface area contributed by atoms with Crippen LogP contribution in [0.25, 0.3) is 27.3 Å². The lowest BCUT2D eigenvalue weighted by Crippen LogP contribution is -2.57. The fraction of sp³-hybridized carbons (Fsp3) is 0.417. The number of nitrogens with zero attached hydrogens (tertiary/aromatic N) is 8. The van der Waals surface area contributed by atoms with Crippen LogP contribution >= 0.6 is 11.3 Å². The quantitative estimate of drug-likeness (QED) is 0.0897. The summed E-state index contributed by atoms with van der Waals surface area (Å²) in [7, 11) is 0. The molecule has 346 valence electrons. The van der Waals surface area contributed by atoms with Gasteiger partial charge in [0.2, 0.25) is 23.6 Å². The van der Waals surface area contributed by atoms with E-state index in [4.69, 9.17) is 9.40 Å². The van der Waals surface area contributed by atoms with E-state index in [0.717, 1.165) is 44.5 Å². The summed E-state index contributed by atoms with van der Waals surface area (Å²) in [6, 6.07) is 18.0. The minimum Gasteiger partial charge on any atom is -0.467 e. The molecule has 0 saturated carbocycles. The van der Waals surface area contributed by atoms with Gasteiger partial charge in [-0.1, -0.05) is 57.2 Å². The Labute approximate surface area is 387 Å². The number of aromatic nitrogens is 5. The second-order valence-electron chi connectivity index (χ2n) is 18.0. The number of furan rings is 1. The number of likely N-dealkylation sites (tertiary alicyclic amines) is 1. The molecule has 4 amide bonds. The number of hydrogen-bond donors (Lipinski definition) is 4. The molecule has 66 heavy (non-hydrogen) atoms. The first-order valence-corrected chi connectivity index (χ1v) is 23.3. The maximum atomic E-state index is 14.1. The van der Waals surface area contributed by atoms with Crippen molar-refractivity contribution in [1.29, 1.82) is 0 Å². The number of aryl methyl sites for hydroxylation is 1. The zero-order chi connectivity index (χ0) is 46.4. The molecule has 0 radical (unpaired) electrons. The van der Waals surface area contributed by atoms with E-state index in [9.17, 15) is 24.3 Å². The molecule has 17 nitrogen and oxygen atoms in total. The molecular weight excluding hydrogens is 859 g/mol. The third kappa shape index (κ3) is 10.7. The third-order valence-electron chi connectivity index (χ3n) is 12.3. The number of fused-ring (bicyclic) bond motifs is 1. The van der Waals surface area contributed by atoms with Crippen LogP contribution in [0.1, 0.15) is 69.9 Å². The van der Waals surface area contributed by atoms with Gasteiger partial charge in [0.1, 0.15) is 35.7 Å². The average Bonchev–Trinajstić information content (AvgIpc) is 4.17. The van der Waals surface area contributed by atoms with Crippen molar-refractivity contribution in [2.45, 2.75) is 91.1 Å². The van der Waals surface area contributed by atoms with Crippen molar-refractivity contribution in [3.8, 4) is 21.7 Å². The Kier molecular flexibility index (Phi) is 14.1. The second-order valence-corrected chi connectivity index (χ2v) is 18.9. The minimum absolute atomic E-state index is 0.00138. The van der Waals surface area contributed by atoms with E-state index in [1.54, 1.807) is 30.1 Å². The van der Waals surface area contributed by atoms with Crippen LogP contribution in [-0.4, -0.2) is 114 Å². The van der Waals surface area contributed by atoms with E-state index >= 15 is 0 Å². The van der Waals surface area contributed by atoms with E-state index in [2.05, 4.69) is 48.2 Å². The van der Waals surface area contributed by atoms with Gasteiger partial charge < -0.3 is 40.2 Å². The highest BCUT2D eigenvalue weighted by molar-refractivity contribution is 7.13. The highest BCUT2D eigenvalue weighted by Crippen LogP contribution is 2.30. The number of anilines is 2. The van der Waals surface area contributed by atoms with Crippen LogP contribution in [0.4, 0.5) is 11.5 Å². The molecule has 2 aliphatic rings. The summed E-state index contributed by atoms with van der Waals surface area (Å²) in [6.07, 6.45) is 5.78. The molecule has 0 aliphatic carbocycles. The molecule has 4 aromatic heterocycles. The van der Waals surface area contributed by atoms with E-state index in [0.29, 0.717) is 63.3 Å². The molecule has 2 fully saturated rings. The lowest BCUT2D eigenvalue weighted by molar-refractivity contribution is -0.144. The van der Waals surface area contributed by atoms with E-state index in [1.807, 2.05) is 91.0 Å².